The van der Waals surface area contributed by atoms with Crippen molar-refractivity contribution in [3.8, 4) is 0 Å². The molecule has 1 N–H and O–H groups in total. The number of nitrogens with zero attached hydrogens (tertiary/aromatic N) is 3. The Balaban J connectivity index is 1.86. The lowest BCUT2D eigenvalue weighted by Gasteiger charge is -2.23. The molecule has 0 saturated heterocycles. The second-order valence-corrected chi connectivity index (χ2v) is 6.86. The monoisotopic (exact) mass is 310 g/mol. The van der Waals surface area contributed by atoms with Gasteiger partial charge in [-0.1, -0.05) is 32.0 Å². The summed E-state index contributed by atoms with van der Waals surface area (Å²) < 4.78 is 0. The van der Waals surface area contributed by atoms with Gasteiger partial charge in [-0.2, -0.15) is 4.98 Å². The highest BCUT2D eigenvalue weighted by Gasteiger charge is 2.28. The second kappa shape index (κ2) is 6.57. The van der Waals surface area contributed by atoms with Crippen molar-refractivity contribution < 1.29 is 0 Å². The molecule has 23 heavy (non-hydrogen) atoms. The number of fused-ring (bicyclic) bond motifs is 1. The van der Waals surface area contributed by atoms with Crippen molar-refractivity contribution in [2.24, 2.45) is 5.92 Å². The van der Waals surface area contributed by atoms with Gasteiger partial charge in [0.1, 0.15) is 5.82 Å². The molecule has 122 valence electrons. The van der Waals surface area contributed by atoms with Gasteiger partial charge in [-0.15, -0.1) is 0 Å². The van der Waals surface area contributed by atoms with Crippen molar-refractivity contribution >= 4 is 17.5 Å². The van der Waals surface area contributed by atoms with Crippen LogP contribution in [-0.4, -0.2) is 22.6 Å². The number of rotatable bonds is 5. The first-order valence-electron chi connectivity index (χ1n) is 8.51. The quantitative estimate of drug-likeness (QED) is 0.892. The van der Waals surface area contributed by atoms with E-state index in [-0.39, 0.29) is 0 Å². The van der Waals surface area contributed by atoms with Crippen LogP contribution in [0.3, 0.4) is 0 Å². The van der Waals surface area contributed by atoms with Crippen molar-refractivity contribution in [1.29, 1.82) is 0 Å². The third kappa shape index (κ3) is 3.46. The molecule has 0 spiro atoms. The number of aromatic nitrogens is 2. The van der Waals surface area contributed by atoms with E-state index in [4.69, 9.17) is 4.98 Å². The van der Waals surface area contributed by atoms with Gasteiger partial charge in [0.15, 0.2) is 0 Å². The average molecular weight is 310 g/mol. The average Bonchev–Trinajstić information content (AvgIpc) is 2.82. The zero-order valence-electron chi connectivity index (χ0n) is 14.5. The molecule has 0 amide bonds. The van der Waals surface area contributed by atoms with Crippen molar-refractivity contribution in [2.75, 3.05) is 16.8 Å². The molecule has 0 fully saturated rings. The summed E-state index contributed by atoms with van der Waals surface area (Å²) in [6.45, 7) is 9.69. The van der Waals surface area contributed by atoms with Crippen LogP contribution in [0.1, 0.15) is 38.4 Å². The topological polar surface area (TPSA) is 41.1 Å². The van der Waals surface area contributed by atoms with Crippen LogP contribution in [0.15, 0.2) is 30.3 Å². The largest absolute Gasteiger partial charge is 0.370 e. The van der Waals surface area contributed by atoms with Gasteiger partial charge in [0, 0.05) is 30.0 Å². The lowest BCUT2D eigenvalue weighted by molar-refractivity contribution is 0.606. The summed E-state index contributed by atoms with van der Waals surface area (Å²) in [5, 5.41) is 3.44. The Bertz CT molecular complexity index is 681. The summed E-state index contributed by atoms with van der Waals surface area (Å²) in [5.74, 6) is 2.41. The van der Waals surface area contributed by atoms with E-state index in [1.165, 1.54) is 11.3 Å². The van der Waals surface area contributed by atoms with Gasteiger partial charge in [-0.25, -0.2) is 4.98 Å². The van der Waals surface area contributed by atoms with E-state index < -0.39 is 0 Å². The SMILES string of the molecule is Cc1cc(NCCC(C)C)nc(N2c3ccccc3CC2C)n1. The molecule has 1 atom stereocenters. The Kier molecular flexibility index (Phi) is 4.51. The van der Waals surface area contributed by atoms with Crippen LogP contribution < -0.4 is 10.2 Å². The minimum atomic E-state index is 0.387. The summed E-state index contributed by atoms with van der Waals surface area (Å²) in [5.41, 5.74) is 3.61. The van der Waals surface area contributed by atoms with E-state index in [0.29, 0.717) is 12.0 Å². The van der Waals surface area contributed by atoms with E-state index in [9.17, 15) is 0 Å². The van der Waals surface area contributed by atoms with Gasteiger partial charge in [-0.3, -0.25) is 0 Å². The maximum Gasteiger partial charge on any atom is 0.232 e. The van der Waals surface area contributed by atoms with E-state index >= 15 is 0 Å². The molecule has 0 saturated carbocycles. The molecule has 2 heterocycles. The Morgan fingerprint density at radius 1 is 1.26 bits per heavy atom. The molecule has 0 bridgehead atoms. The van der Waals surface area contributed by atoms with E-state index in [0.717, 1.165) is 36.8 Å². The van der Waals surface area contributed by atoms with Crippen LogP contribution in [0.5, 0.6) is 0 Å². The van der Waals surface area contributed by atoms with Crippen LogP contribution in [0, 0.1) is 12.8 Å². The standard InChI is InChI=1S/C19H26N4/c1-13(2)9-10-20-18-11-14(3)21-19(22-18)23-15(4)12-16-7-5-6-8-17(16)23/h5-8,11,13,15H,9-10,12H2,1-4H3,(H,20,21,22). The molecule has 0 aliphatic carbocycles. The van der Waals surface area contributed by atoms with Gasteiger partial charge in [0.25, 0.3) is 0 Å². The predicted molar refractivity (Wildman–Crippen MR) is 96.5 cm³/mol. The smallest absolute Gasteiger partial charge is 0.232 e. The molecular weight excluding hydrogens is 284 g/mol. The third-order valence-corrected chi connectivity index (χ3v) is 4.29. The maximum atomic E-state index is 4.77. The van der Waals surface area contributed by atoms with Crippen LogP contribution in [0.25, 0.3) is 0 Å². The number of hydrogen-bond acceptors (Lipinski definition) is 4. The van der Waals surface area contributed by atoms with Crippen LogP contribution in [0.4, 0.5) is 17.5 Å². The fraction of sp³-hybridized carbons (Fsp3) is 0.474. The van der Waals surface area contributed by atoms with Crippen molar-refractivity contribution in [3.63, 3.8) is 0 Å². The highest BCUT2D eigenvalue weighted by molar-refractivity contribution is 5.67. The fourth-order valence-corrected chi connectivity index (χ4v) is 3.11. The summed E-state index contributed by atoms with van der Waals surface area (Å²) in [6, 6.07) is 11.0. The minimum absolute atomic E-state index is 0.387. The molecule has 1 aliphatic heterocycles. The molecule has 2 aromatic rings. The van der Waals surface area contributed by atoms with Crippen molar-refractivity contribution in [1.82, 2.24) is 9.97 Å². The lowest BCUT2D eigenvalue weighted by atomic mass is 10.1. The Hall–Kier alpha value is -2.10. The lowest BCUT2D eigenvalue weighted by Crippen LogP contribution is -2.26. The van der Waals surface area contributed by atoms with E-state index in [1.54, 1.807) is 0 Å². The highest BCUT2D eigenvalue weighted by Crippen LogP contribution is 2.36. The molecule has 1 aromatic carbocycles. The van der Waals surface area contributed by atoms with Gasteiger partial charge >= 0.3 is 0 Å². The number of hydrogen-bond donors (Lipinski definition) is 1. The van der Waals surface area contributed by atoms with Crippen molar-refractivity contribution in [2.45, 2.75) is 46.6 Å². The summed E-state index contributed by atoms with van der Waals surface area (Å²) in [6.07, 6.45) is 2.19. The second-order valence-electron chi connectivity index (χ2n) is 6.86. The molecule has 1 unspecified atom stereocenters. The summed E-state index contributed by atoms with van der Waals surface area (Å²) >= 11 is 0. The Morgan fingerprint density at radius 3 is 2.83 bits per heavy atom. The highest BCUT2D eigenvalue weighted by atomic mass is 15.3. The fourth-order valence-electron chi connectivity index (χ4n) is 3.11. The first-order valence-corrected chi connectivity index (χ1v) is 8.51. The number of aryl methyl sites for hydroxylation is 1. The van der Waals surface area contributed by atoms with E-state index in [1.807, 2.05) is 13.0 Å². The number of benzene rings is 1. The normalized spacial score (nSPS) is 16.7. The van der Waals surface area contributed by atoms with E-state index in [2.05, 4.69) is 60.2 Å². The van der Waals surface area contributed by atoms with Gasteiger partial charge in [0.05, 0.1) is 0 Å². The van der Waals surface area contributed by atoms with Crippen LogP contribution in [0.2, 0.25) is 0 Å². The van der Waals surface area contributed by atoms with Gasteiger partial charge in [-0.05, 0) is 44.2 Å². The first-order chi connectivity index (χ1) is 11.0. The Morgan fingerprint density at radius 2 is 2.04 bits per heavy atom. The molecule has 1 aliphatic rings. The zero-order valence-corrected chi connectivity index (χ0v) is 14.5. The molecule has 0 radical (unpaired) electrons. The summed E-state index contributed by atoms with van der Waals surface area (Å²) in [7, 11) is 0. The molecule has 3 rings (SSSR count). The third-order valence-electron chi connectivity index (χ3n) is 4.29. The molecule has 4 nitrogen and oxygen atoms in total. The number of anilines is 3. The number of para-hydroxylation sites is 1. The Labute approximate surface area is 139 Å². The van der Waals surface area contributed by atoms with Gasteiger partial charge < -0.3 is 10.2 Å². The molecular formula is C19H26N4. The molecule has 4 heteroatoms. The minimum Gasteiger partial charge on any atom is -0.370 e. The van der Waals surface area contributed by atoms with Crippen LogP contribution in [-0.2, 0) is 6.42 Å². The first kappa shape index (κ1) is 15.8. The maximum absolute atomic E-state index is 4.77. The number of nitrogens with one attached hydrogen (secondary N) is 1. The summed E-state index contributed by atoms with van der Waals surface area (Å²) in [4.78, 5) is 11.7. The van der Waals surface area contributed by atoms with Crippen LogP contribution >= 0.6 is 0 Å². The predicted octanol–water partition coefficient (Wildman–Crippen LogP) is 4.33. The van der Waals surface area contributed by atoms with Gasteiger partial charge in [0.2, 0.25) is 5.95 Å². The van der Waals surface area contributed by atoms with Crippen molar-refractivity contribution in [3.05, 3.63) is 41.6 Å². The molecule has 1 aromatic heterocycles. The zero-order chi connectivity index (χ0) is 16.4.